The van der Waals surface area contributed by atoms with E-state index < -0.39 is 0 Å². The summed E-state index contributed by atoms with van der Waals surface area (Å²) in [6, 6.07) is 13.2. The zero-order chi connectivity index (χ0) is 17.4. The van der Waals surface area contributed by atoms with Crippen LogP contribution in [0.15, 0.2) is 47.9 Å². The molecule has 0 bridgehead atoms. The predicted octanol–water partition coefficient (Wildman–Crippen LogP) is 4.28. The maximum Gasteiger partial charge on any atom is 0.205 e. The van der Waals surface area contributed by atoms with Crippen molar-refractivity contribution in [2.45, 2.75) is 5.92 Å². The van der Waals surface area contributed by atoms with Crippen molar-refractivity contribution in [1.82, 2.24) is 0 Å². The van der Waals surface area contributed by atoms with E-state index in [1.54, 1.807) is 18.2 Å². The van der Waals surface area contributed by atoms with E-state index in [1.807, 2.05) is 37.2 Å². The fraction of sp³-hybridized carbons (Fsp3) is 0.167. The van der Waals surface area contributed by atoms with Gasteiger partial charge in [0.05, 0.1) is 5.92 Å². The number of nitriles is 1. The Morgan fingerprint density at radius 2 is 1.79 bits per heavy atom. The van der Waals surface area contributed by atoms with Crippen molar-refractivity contribution in [2.24, 2.45) is 5.73 Å². The molecule has 0 amide bonds. The lowest BCUT2D eigenvalue weighted by atomic mass is 9.83. The highest BCUT2D eigenvalue weighted by atomic mass is 35.5. The Morgan fingerprint density at radius 1 is 1.12 bits per heavy atom. The molecule has 0 saturated carbocycles. The fourth-order valence-electron chi connectivity index (χ4n) is 2.81. The van der Waals surface area contributed by atoms with Gasteiger partial charge < -0.3 is 15.4 Å². The lowest BCUT2D eigenvalue weighted by Crippen LogP contribution is -2.21. The van der Waals surface area contributed by atoms with Crippen LogP contribution in [0.1, 0.15) is 17.0 Å². The molecule has 2 N–H and O–H groups in total. The van der Waals surface area contributed by atoms with Crippen molar-refractivity contribution in [3.05, 3.63) is 69.0 Å². The lowest BCUT2D eigenvalue weighted by molar-refractivity contribution is 0.394. The van der Waals surface area contributed by atoms with Gasteiger partial charge in [0.15, 0.2) is 0 Å². The largest absolute Gasteiger partial charge is 0.440 e. The molecule has 2 aromatic carbocycles. The summed E-state index contributed by atoms with van der Waals surface area (Å²) in [4.78, 5) is 1.97. The number of rotatable bonds is 2. The van der Waals surface area contributed by atoms with E-state index in [9.17, 15) is 5.26 Å². The molecule has 1 atom stereocenters. The van der Waals surface area contributed by atoms with Gasteiger partial charge in [-0.05, 0) is 29.8 Å². The molecule has 1 unspecified atom stereocenters. The molecule has 3 rings (SSSR count). The quantitative estimate of drug-likeness (QED) is 0.869. The third-order valence-electron chi connectivity index (χ3n) is 3.94. The van der Waals surface area contributed by atoms with E-state index >= 15 is 0 Å². The molecule has 0 fully saturated rings. The first-order valence-corrected chi connectivity index (χ1v) is 8.01. The number of fused-ring (bicyclic) bond motifs is 1. The highest BCUT2D eigenvalue weighted by molar-refractivity contribution is 6.34. The maximum atomic E-state index is 9.56. The van der Waals surface area contributed by atoms with Gasteiger partial charge >= 0.3 is 0 Å². The standard InChI is InChI=1S/C18H15Cl2N3O/c1-23(2)13-3-4-14-16(8-13)24-18(22)15(9-21)17(14)10-5-11(19)7-12(20)6-10/h3-8,17H,22H2,1-2H3. The highest BCUT2D eigenvalue weighted by Crippen LogP contribution is 2.44. The summed E-state index contributed by atoms with van der Waals surface area (Å²) in [6.45, 7) is 0. The van der Waals surface area contributed by atoms with Crippen LogP contribution in [0.4, 0.5) is 5.69 Å². The number of hydrogen-bond acceptors (Lipinski definition) is 4. The van der Waals surface area contributed by atoms with Crippen molar-refractivity contribution in [2.75, 3.05) is 19.0 Å². The molecule has 4 nitrogen and oxygen atoms in total. The first-order valence-electron chi connectivity index (χ1n) is 7.25. The first-order chi connectivity index (χ1) is 11.4. The van der Waals surface area contributed by atoms with Crippen LogP contribution < -0.4 is 15.4 Å². The second-order valence-corrected chi connectivity index (χ2v) is 6.62. The average Bonchev–Trinajstić information content (AvgIpc) is 2.51. The van der Waals surface area contributed by atoms with Crippen LogP contribution in [0, 0.1) is 11.3 Å². The molecule has 2 aromatic rings. The van der Waals surface area contributed by atoms with Crippen molar-refractivity contribution in [3.63, 3.8) is 0 Å². The van der Waals surface area contributed by atoms with Crippen LogP contribution in [0.25, 0.3) is 0 Å². The van der Waals surface area contributed by atoms with E-state index in [0.29, 0.717) is 21.4 Å². The van der Waals surface area contributed by atoms with Gasteiger partial charge in [0.1, 0.15) is 17.4 Å². The number of hydrogen-bond donors (Lipinski definition) is 1. The van der Waals surface area contributed by atoms with Crippen molar-refractivity contribution < 1.29 is 4.74 Å². The molecule has 1 heterocycles. The Balaban J connectivity index is 2.22. The number of benzene rings is 2. The smallest absolute Gasteiger partial charge is 0.205 e. The van der Waals surface area contributed by atoms with E-state index in [-0.39, 0.29) is 11.8 Å². The van der Waals surface area contributed by atoms with Crippen LogP contribution in [0.3, 0.4) is 0 Å². The second kappa shape index (κ2) is 6.27. The molecule has 0 aliphatic carbocycles. The minimum atomic E-state index is -0.369. The van der Waals surface area contributed by atoms with Crippen LogP contribution >= 0.6 is 23.2 Å². The molecule has 24 heavy (non-hydrogen) atoms. The Bertz CT molecular complexity index is 864. The fourth-order valence-corrected chi connectivity index (χ4v) is 3.35. The summed E-state index contributed by atoms with van der Waals surface area (Å²) in [5.41, 5.74) is 8.96. The Hall–Kier alpha value is -2.35. The number of nitrogens with two attached hydrogens (primary N) is 1. The van der Waals surface area contributed by atoms with Gasteiger partial charge in [0.2, 0.25) is 5.88 Å². The van der Waals surface area contributed by atoms with Crippen LogP contribution in [-0.2, 0) is 0 Å². The van der Waals surface area contributed by atoms with E-state index in [2.05, 4.69) is 6.07 Å². The number of ether oxygens (including phenoxy) is 1. The summed E-state index contributed by atoms with van der Waals surface area (Å²) in [5.74, 6) is 0.354. The van der Waals surface area contributed by atoms with Crippen LogP contribution in [0.2, 0.25) is 10.0 Å². The first kappa shape index (κ1) is 16.5. The zero-order valence-corrected chi connectivity index (χ0v) is 14.7. The van der Waals surface area contributed by atoms with E-state index in [0.717, 1.165) is 16.8 Å². The van der Waals surface area contributed by atoms with Gasteiger partial charge in [-0.25, -0.2) is 0 Å². The molecule has 0 aromatic heterocycles. The minimum Gasteiger partial charge on any atom is -0.440 e. The lowest BCUT2D eigenvalue weighted by Gasteiger charge is -2.28. The summed E-state index contributed by atoms with van der Waals surface area (Å²) in [6.07, 6.45) is 0. The van der Waals surface area contributed by atoms with E-state index in [1.165, 1.54) is 0 Å². The monoisotopic (exact) mass is 359 g/mol. The topological polar surface area (TPSA) is 62.3 Å². The maximum absolute atomic E-state index is 9.56. The van der Waals surface area contributed by atoms with E-state index in [4.69, 9.17) is 33.7 Å². The molecule has 1 aliphatic rings. The Morgan fingerprint density at radius 3 is 2.38 bits per heavy atom. The molecule has 122 valence electrons. The van der Waals surface area contributed by atoms with Gasteiger partial charge in [-0.15, -0.1) is 0 Å². The van der Waals surface area contributed by atoms with Crippen LogP contribution in [0.5, 0.6) is 5.75 Å². The summed E-state index contributed by atoms with van der Waals surface area (Å²) < 4.78 is 5.68. The molecule has 0 spiro atoms. The third kappa shape index (κ3) is 2.89. The number of halogens is 2. The van der Waals surface area contributed by atoms with Crippen LogP contribution in [-0.4, -0.2) is 14.1 Å². The van der Waals surface area contributed by atoms with Crippen molar-refractivity contribution in [3.8, 4) is 11.8 Å². The third-order valence-corrected chi connectivity index (χ3v) is 4.37. The number of allylic oxidation sites excluding steroid dienone is 1. The molecular formula is C18H15Cl2N3O. The van der Waals surface area contributed by atoms with Gasteiger partial charge in [-0.1, -0.05) is 29.3 Å². The van der Waals surface area contributed by atoms with Gasteiger partial charge in [0.25, 0.3) is 0 Å². The molecule has 1 aliphatic heterocycles. The van der Waals surface area contributed by atoms with Gasteiger partial charge in [-0.2, -0.15) is 5.26 Å². The predicted molar refractivity (Wildman–Crippen MR) is 96.5 cm³/mol. The van der Waals surface area contributed by atoms with Crippen molar-refractivity contribution in [1.29, 1.82) is 5.26 Å². The Labute approximate surface area is 150 Å². The number of anilines is 1. The average molecular weight is 360 g/mol. The Kier molecular flexibility index (Phi) is 4.31. The van der Waals surface area contributed by atoms with Gasteiger partial charge in [0, 0.05) is 41.5 Å². The summed E-state index contributed by atoms with van der Waals surface area (Å²) >= 11 is 12.3. The summed E-state index contributed by atoms with van der Waals surface area (Å²) in [5, 5.41) is 10.6. The minimum absolute atomic E-state index is 0.0991. The molecule has 6 heteroatoms. The van der Waals surface area contributed by atoms with Crippen molar-refractivity contribution >= 4 is 28.9 Å². The molecule has 0 radical (unpaired) electrons. The highest BCUT2D eigenvalue weighted by Gasteiger charge is 2.31. The normalized spacial score (nSPS) is 16.2. The van der Waals surface area contributed by atoms with Gasteiger partial charge in [-0.3, -0.25) is 0 Å². The molecular weight excluding hydrogens is 345 g/mol. The SMILES string of the molecule is CN(C)c1ccc2c(c1)OC(N)=C(C#N)C2c1cc(Cl)cc(Cl)c1. The molecule has 0 saturated heterocycles. The summed E-state index contributed by atoms with van der Waals surface area (Å²) in [7, 11) is 3.89. The zero-order valence-electron chi connectivity index (χ0n) is 13.2. The second-order valence-electron chi connectivity index (χ2n) is 5.74. The number of nitrogens with zero attached hydrogens (tertiary/aromatic N) is 2.